The molecule has 5 nitrogen and oxygen atoms in total. The lowest BCUT2D eigenvalue weighted by Gasteiger charge is -2.59. The fourth-order valence-corrected chi connectivity index (χ4v) is 5.91. The number of benzene rings is 2. The predicted octanol–water partition coefficient (Wildman–Crippen LogP) is 3.36. The summed E-state index contributed by atoms with van der Waals surface area (Å²) in [6.45, 7) is 0.633. The lowest BCUT2D eigenvalue weighted by molar-refractivity contribution is -0.168. The summed E-state index contributed by atoms with van der Waals surface area (Å²) < 4.78 is 0. The van der Waals surface area contributed by atoms with Crippen molar-refractivity contribution in [1.82, 2.24) is 9.80 Å². The summed E-state index contributed by atoms with van der Waals surface area (Å²) in [4.78, 5) is 29.6. The number of nitrogens with zero attached hydrogens (tertiary/aromatic N) is 2. The first-order valence-electron chi connectivity index (χ1n) is 12.5. The Hall–Kier alpha value is -3.10. The summed E-state index contributed by atoms with van der Waals surface area (Å²) in [5.41, 5.74) is 3.24. The van der Waals surface area contributed by atoms with Gasteiger partial charge in [0.1, 0.15) is 0 Å². The Morgan fingerprint density at radius 1 is 1.00 bits per heavy atom. The number of amides is 2. The van der Waals surface area contributed by atoms with Gasteiger partial charge in [0.05, 0.1) is 25.2 Å². The number of carbonyl (C=O) groups is 2. The van der Waals surface area contributed by atoms with Crippen molar-refractivity contribution in [2.45, 2.75) is 56.5 Å². The van der Waals surface area contributed by atoms with Crippen molar-refractivity contribution in [2.24, 2.45) is 5.92 Å². The molecule has 0 bridgehead atoms. The van der Waals surface area contributed by atoms with Crippen molar-refractivity contribution in [3.8, 4) is 11.8 Å². The smallest absolute Gasteiger partial charge is 0.242 e. The highest BCUT2D eigenvalue weighted by Crippen LogP contribution is 2.43. The fraction of sp³-hybridized carbons (Fsp3) is 0.448. The molecule has 1 aliphatic carbocycles. The quantitative estimate of drug-likeness (QED) is 0.718. The van der Waals surface area contributed by atoms with E-state index in [2.05, 4.69) is 36.1 Å². The lowest BCUT2D eigenvalue weighted by Crippen LogP contribution is -2.73. The van der Waals surface area contributed by atoms with E-state index in [1.807, 2.05) is 35.2 Å². The Balaban J connectivity index is 1.28. The molecular formula is C29H32N2O3. The topological polar surface area (TPSA) is 60.9 Å². The van der Waals surface area contributed by atoms with Crippen LogP contribution in [0.25, 0.3) is 0 Å². The van der Waals surface area contributed by atoms with Crippen molar-refractivity contribution in [3.63, 3.8) is 0 Å². The summed E-state index contributed by atoms with van der Waals surface area (Å²) in [5.74, 6) is 6.65. The van der Waals surface area contributed by atoms with Gasteiger partial charge < -0.3 is 14.9 Å². The second-order valence-corrected chi connectivity index (χ2v) is 9.78. The number of aliphatic hydroxyl groups excluding tert-OH is 1. The molecule has 2 heterocycles. The van der Waals surface area contributed by atoms with Gasteiger partial charge in [0.15, 0.2) is 0 Å². The van der Waals surface area contributed by atoms with E-state index in [1.54, 1.807) is 4.90 Å². The molecule has 176 valence electrons. The van der Waals surface area contributed by atoms with E-state index in [9.17, 15) is 14.7 Å². The Kier molecular flexibility index (Phi) is 6.69. The SMILES string of the molecule is O=C(C1CCCCC1)N1CC(=O)N2[C@H](C1)[C@@H](c1ccc(C#CCc3ccccc3)cc1)[C@@H]2CO. The molecule has 2 saturated heterocycles. The van der Waals surface area contributed by atoms with Gasteiger partial charge in [-0.2, -0.15) is 0 Å². The highest BCUT2D eigenvalue weighted by Gasteiger charge is 2.54. The number of carbonyl (C=O) groups excluding carboxylic acids is 2. The molecule has 0 spiro atoms. The van der Waals surface area contributed by atoms with Crippen LogP contribution in [0.4, 0.5) is 0 Å². The van der Waals surface area contributed by atoms with Gasteiger partial charge in [0, 0.05) is 30.4 Å². The molecule has 5 heteroatoms. The van der Waals surface area contributed by atoms with E-state index in [4.69, 9.17) is 0 Å². The number of hydrogen-bond acceptors (Lipinski definition) is 3. The zero-order valence-electron chi connectivity index (χ0n) is 19.5. The molecule has 3 fully saturated rings. The third-order valence-electron chi connectivity index (χ3n) is 7.68. The van der Waals surface area contributed by atoms with Crippen LogP contribution in [0.2, 0.25) is 0 Å². The van der Waals surface area contributed by atoms with E-state index in [0.29, 0.717) is 13.0 Å². The van der Waals surface area contributed by atoms with Crippen molar-refractivity contribution in [3.05, 3.63) is 71.3 Å². The maximum atomic E-state index is 13.1. The second-order valence-electron chi connectivity index (χ2n) is 9.78. The number of hydrogen-bond donors (Lipinski definition) is 1. The zero-order chi connectivity index (χ0) is 23.5. The van der Waals surface area contributed by atoms with Crippen LogP contribution < -0.4 is 0 Å². The van der Waals surface area contributed by atoms with E-state index in [-0.39, 0.29) is 48.9 Å². The third-order valence-corrected chi connectivity index (χ3v) is 7.68. The summed E-state index contributed by atoms with van der Waals surface area (Å²) in [7, 11) is 0. The first kappa shape index (κ1) is 22.7. The lowest BCUT2D eigenvalue weighted by atomic mass is 9.73. The van der Waals surface area contributed by atoms with Crippen LogP contribution in [0.15, 0.2) is 54.6 Å². The molecule has 5 rings (SSSR count). The maximum absolute atomic E-state index is 13.1. The summed E-state index contributed by atoms with van der Waals surface area (Å²) in [5, 5.41) is 10.0. The van der Waals surface area contributed by atoms with Gasteiger partial charge in [-0.15, -0.1) is 0 Å². The highest BCUT2D eigenvalue weighted by molar-refractivity contribution is 5.88. The van der Waals surface area contributed by atoms with Crippen molar-refractivity contribution < 1.29 is 14.7 Å². The molecule has 2 aliphatic heterocycles. The van der Waals surface area contributed by atoms with Gasteiger partial charge in [0.25, 0.3) is 0 Å². The molecular weight excluding hydrogens is 424 g/mol. The minimum atomic E-state index is -0.223. The van der Waals surface area contributed by atoms with E-state index < -0.39 is 0 Å². The molecule has 1 saturated carbocycles. The van der Waals surface area contributed by atoms with E-state index in [0.717, 1.165) is 36.8 Å². The predicted molar refractivity (Wildman–Crippen MR) is 131 cm³/mol. The molecule has 34 heavy (non-hydrogen) atoms. The van der Waals surface area contributed by atoms with Gasteiger partial charge in [0.2, 0.25) is 11.8 Å². The Morgan fingerprint density at radius 3 is 2.44 bits per heavy atom. The summed E-state index contributed by atoms with van der Waals surface area (Å²) >= 11 is 0. The molecule has 2 aromatic carbocycles. The maximum Gasteiger partial charge on any atom is 0.242 e. The van der Waals surface area contributed by atoms with Crippen LogP contribution >= 0.6 is 0 Å². The van der Waals surface area contributed by atoms with Crippen LogP contribution in [0.3, 0.4) is 0 Å². The first-order valence-corrected chi connectivity index (χ1v) is 12.5. The minimum Gasteiger partial charge on any atom is -0.394 e. The van der Waals surface area contributed by atoms with Gasteiger partial charge >= 0.3 is 0 Å². The Labute approximate surface area is 201 Å². The Bertz CT molecular complexity index is 1080. The molecule has 3 aliphatic rings. The molecule has 0 unspecified atom stereocenters. The molecule has 2 aromatic rings. The fourth-order valence-electron chi connectivity index (χ4n) is 5.91. The van der Waals surface area contributed by atoms with Gasteiger partial charge in [-0.3, -0.25) is 9.59 Å². The van der Waals surface area contributed by atoms with Crippen LogP contribution in [0, 0.1) is 17.8 Å². The standard InChI is InChI=1S/C29H32N2O3/c32-20-26-28(23-16-14-22(15-17-23)11-7-10-21-8-3-1-4-9-21)25-18-30(19-27(33)31(25)26)29(34)24-12-5-2-6-13-24/h1,3-4,8-9,14-17,24-26,28,32H,2,5-6,10,12-13,18-20H2/t25-,26+,28-/m1/s1. The molecule has 2 amide bonds. The van der Waals surface area contributed by atoms with Crippen molar-refractivity contribution in [1.29, 1.82) is 0 Å². The zero-order valence-corrected chi connectivity index (χ0v) is 19.5. The second kappa shape index (κ2) is 10.0. The Morgan fingerprint density at radius 2 is 1.74 bits per heavy atom. The highest BCUT2D eigenvalue weighted by atomic mass is 16.3. The van der Waals surface area contributed by atoms with Gasteiger partial charge in [-0.05, 0) is 36.1 Å². The van der Waals surface area contributed by atoms with E-state index in [1.165, 1.54) is 12.0 Å². The van der Waals surface area contributed by atoms with Crippen molar-refractivity contribution >= 4 is 11.8 Å². The monoisotopic (exact) mass is 456 g/mol. The molecule has 3 atom stereocenters. The number of rotatable bonds is 4. The molecule has 1 N–H and O–H groups in total. The summed E-state index contributed by atoms with van der Waals surface area (Å²) in [6, 6.07) is 18.0. The first-order chi connectivity index (χ1) is 16.7. The van der Waals surface area contributed by atoms with Gasteiger partial charge in [-0.1, -0.05) is 73.6 Å². The van der Waals surface area contributed by atoms with Crippen LogP contribution in [-0.4, -0.2) is 58.5 Å². The average Bonchev–Trinajstić information content (AvgIpc) is 2.87. The van der Waals surface area contributed by atoms with Gasteiger partial charge in [-0.25, -0.2) is 0 Å². The average molecular weight is 457 g/mol. The van der Waals surface area contributed by atoms with E-state index >= 15 is 0 Å². The largest absolute Gasteiger partial charge is 0.394 e. The normalized spacial score (nSPS) is 24.6. The number of aliphatic hydroxyl groups is 1. The van der Waals surface area contributed by atoms with Crippen molar-refractivity contribution in [2.75, 3.05) is 19.7 Å². The summed E-state index contributed by atoms with van der Waals surface area (Å²) in [6.07, 6.45) is 5.99. The van der Waals surface area contributed by atoms with Crippen LogP contribution in [0.1, 0.15) is 54.7 Å². The number of piperazine rings is 1. The van der Waals surface area contributed by atoms with Crippen LogP contribution in [-0.2, 0) is 16.0 Å². The van der Waals surface area contributed by atoms with Crippen LogP contribution in [0.5, 0.6) is 0 Å². The molecule has 0 aromatic heterocycles. The third kappa shape index (κ3) is 4.48. The number of fused-ring (bicyclic) bond motifs is 1. The minimum absolute atomic E-state index is 0.0298. The molecule has 0 radical (unpaired) electrons.